The highest BCUT2D eigenvalue weighted by Crippen LogP contribution is 2.44. The van der Waals surface area contributed by atoms with Crippen molar-refractivity contribution in [3.63, 3.8) is 0 Å². The van der Waals surface area contributed by atoms with Gasteiger partial charge in [-0.15, -0.1) is 0 Å². The molecule has 1 aromatic carbocycles. The minimum Gasteiger partial charge on any atom is -0.504 e. The summed E-state index contributed by atoms with van der Waals surface area (Å²) in [5.41, 5.74) is 0.589. The van der Waals surface area contributed by atoms with E-state index in [9.17, 15) is 30.0 Å². The second-order valence-electron chi connectivity index (χ2n) is 8.73. The minimum absolute atomic E-state index is 0.0189. The van der Waals surface area contributed by atoms with Gasteiger partial charge in [-0.3, -0.25) is 0 Å². The number of ether oxygens (including phenoxy) is 2. The Morgan fingerprint density at radius 2 is 2.03 bits per heavy atom. The molecule has 4 rings (SSSR count). The lowest BCUT2D eigenvalue weighted by Gasteiger charge is -2.44. The average Bonchev–Trinajstić information content (AvgIpc) is 2.75. The van der Waals surface area contributed by atoms with E-state index in [-0.39, 0.29) is 36.1 Å². The Morgan fingerprint density at radius 1 is 1.28 bits per heavy atom. The molecule has 32 heavy (non-hydrogen) atoms. The van der Waals surface area contributed by atoms with Crippen molar-refractivity contribution in [2.75, 3.05) is 13.6 Å². The van der Waals surface area contributed by atoms with E-state index in [1.807, 2.05) is 13.1 Å². The number of nitrogens with zero attached hydrogens (tertiary/aromatic N) is 1. The number of aliphatic hydroxyl groups is 3. The lowest BCUT2D eigenvalue weighted by atomic mass is 9.77. The minimum atomic E-state index is -2.34. The predicted octanol–water partition coefficient (Wildman–Crippen LogP) is -0.299. The molecule has 5 atom stereocenters. The summed E-state index contributed by atoms with van der Waals surface area (Å²) in [7, 11) is 1.95. The highest BCUT2D eigenvalue weighted by Gasteiger charge is 2.47. The molecular formula is C22H27NO9. The van der Waals surface area contributed by atoms with Gasteiger partial charge >= 0.3 is 11.9 Å². The number of carbonyl (C=O) groups excluding carboxylic acids is 1. The molecule has 1 aliphatic carbocycles. The second kappa shape index (κ2) is 8.36. The average molecular weight is 449 g/mol. The Kier molecular flexibility index (Phi) is 5.89. The molecule has 1 aromatic rings. The summed E-state index contributed by atoms with van der Waals surface area (Å²) < 4.78 is 11.3. The maximum atomic E-state index is 12.3. The van der Waals surface area contributed by atoms with E-state index in [1.54, 1.807) is 0 Å². The van der Waals surface area contributed by atoms with E-state index in [1.165, 1.54) is 12.1 Å². The summed E-state index contributed by atoms with van der Waals surface area (Å²) in [6.07, 6.45) is -1.93. The summed E-state index contributed by atoms with van der Waals surface area (Å²) in [5.74, 6) is -2.95. The first kappa shape index (κ1) is 22.5. The maximum Gasteiger partial charge on any atom is 0.343 e. The zero-order valence-corrected chi connectivity index (χ0v) is 17.6. The van der Waals surface area contributed by atoms with Crippen LogP contribution in [0.25, 0.3) is 0 Å². The number of aromatic hydroxyl groups is 1. The number of likely N-dealkylation sites (N-methyl/N-ethyl adjacent to an activating group) is 1. The number of benzene rings is 1. The smallest absolute Gasteiger partial charge is 0.343 e. The third-order valence-corrected chi connectivity index (χ3v) is 6.62. The van der Waals surface area contributed by atoms with Crippen LogP contribution in [0.15, 0.2) is 24.0 Å². The third kappa shape index (κ3) is 3.95. The van der Waals surface area contributed by atoms with Gasteiger partial charge in [-0.2, -0.15) is 0 Å². The van der Waals surface area contributed by atoms with Crippen LogP contribution >= 0.6 is 0 Å². The van der Waals surface area contributed by atoms with Crippen molar-refractivity contribution in [3.05, 3.63) is 35.1 Å². The van der Waals surface area contributed by atoms with Crippen molar-refractivity contribution in [2.24, 2.45) is 0 Å². The van der Waals surface area contributed by atoms with E-state index in [0.29, 0.717) is 12.8 Å². The summed E-state index contributed by atoms with van der Waals surface area (Å²) in [6.45, 7) is 0.747. The van der Waals surface area contributed by atoms with Gasteiger partial charge in [-0.25, -0.2) is 9.59 Å². The van der Waals surface area contributed by atoms with Crippen molar-refractivity contribution in [1.29, 1.82) is 0 Å². The van der Waals surface area contributed by atoms with Crippen molar-refractivity contribution in [1.82, 2.24) is 4.90 Å². The Labute approximate surface area is 184 Å². The number of hydrogen-bond acceptors (Lipinski definition) is 9. The topological polar surface area (TPSA) is 157 Å². The van der Waals surface area contributed by atoms with E-state index in [0.717, 1.165) is 24.1 Å². The Balaban J connectivity index is 1.72. The number of phenols is 1. The summed E-state index contributed by atoms with van der Waals surface area (Å²) in [5, 5.41) is 50.2. The van der Waals surface area contributed by atoms with Crippen LogP contribution in [0.4, 0.5) is 0 Å². The molecule has 10 nitrogen and oxygen atoms in total. The van der Waals surface area contributed by atoms with E-state index in [4.69, 9.17) is 14.6 Å². The lowest BCUT2D eigenvalue weighted by molar-refractivity contribution is -0.168. The number of aliphatic hydroxyl groups excluding tert-OH is 2. The summed E-state index contributed by atoms with van der Waals surface area (Å²) >= 11 is 0. The fourth-order valence-electron chi connectivity index (χ4n) is 4.85. The third-order valence-electron chi connectivity index (χ3n) is 6.62. The van der Waals surface area contributed by atoms with Crippen LogP contribution in [-0.4, -0.2) is 85.9 Å². The van der Waals surface area contributed by atoms with Gasteiger partial charge in [0.25, 0.3) is 0 Å². The highest BCUT2D eigenvalue weighted by atomic mass is 16.6. The molecule has 0 saturated carbocycles. The van der Waals surface area contributed by atoms with Crippen molar-refractivity contribution < 1.29 is 44.6 Å². The number of carboxylic acid groups (broad SMARTS) is 1. The molecule has 0 aromatic heterocycles. The van der Waals surface area contributed by atoms with Crippen LogP contribution in [0.1, 0.15) is 30.4 Å². The molecule has 174 valence electrons. The van der Waals surface area contributed by atoms with Crippen LogP contribution < -0.4 is 4.74 Å². The molecule has 5 N–H and O–H groups in total. The molecule has 2 heterocycles. The quantitative estimate of drug-likeness (QED) is 0.387. The number of fused-ring (bicyclic) bond motifs is 4. The molecular weight excluding hydrogens is 422 g/mol. The van der Waals surface area contributed by atoms with Crippen LogP contribution in [0, 0.1) is 0 Å². The highest BCUT2D eigenvalue weighted by molar-refractivity contribution is 5.84. The molecule has 0 saturated heterocycles. The van der Waals surface area contributed by atoms with Gasteiger partial charge in [-0.05, 0) is 57.0 Å². The van der Waals surface area contributed by atoms with Gasteiger partial charge < -0.3 is 39.9 Å². The molecule has 0 radical (unpaired) electrons. The lowest BCUT2D eigenvalue weighted by Crippen LogP contribution is -2.56. The van der Waals surface area contributed by atoms with E-state index >= 15 is 0 Å². The van der Waals surface area contributed by atoms with E-state index < -0.39 is 35.9 Å². The van der Waals surface area contributed by atoms with Crippen molar-refractivity contribution in [3.8, 4) is 11.5 Å². The molecule has 6 bridgehead atoms. The Hall–Kier alpha value is -2.66. The normalized spacial score (nSPS) is 29.2. The first-order valence-electron chi connectivity index (χ1n) is 10.5. The van der Waals surface area contributed by atoms with Crippen LogP contribution in [0.5, 0.6) is 11.5 Å². The van der Waals surface area contributed by atoms with Gasteiger partial charge in [0.05, 0.1) is 5.60 Å². The van der Waals surface area contributed by atoms with Gasteiger partial charge in [0.2, 0.25) is 0 Å². The predicted molar refractivity (Wildman–Crippen MR) is 109 cm³/mol. The number of esters is 1. The Bertz CT molecular complexity index is 961. The first-order valence-corrected chi connectivity index (χ1v) is 10.5. The number of aliphatic carboxylic acids is 1. The van der Waals surface area contributed by atoms with Gasteiger partial charge in [-0.1, -0.05) is 6.07 Å². The molecule has 10 heteroatoms. The van der Waals surface area contributed by atoms with Crippen LogP contribution in [-0.2, 0) is 27.2 Å². The number of hydrogen-bond donors (Lipinski definition) is 5. The number of phenolic OH excluding ortho intramolecular Hbond substituents is 1. The number of rotatable bonds is 4. The number of carbonyl (C=O) groups is 2. The molecule has 0 fully saturated rings. The second-order valence-corrected chi connectivity index (χ2v) is 8.73. The SMILES string of the molecule is CN1CCCc2c3ccc(O)c2O[C@@H]2C[C@@](O)(CC=C2OC(=O)[C@H](O)[C@@H](O)C(=O)O)[C@H]1C3. The maximum absolute atomic E-state index is 12.3. The summed E-state index contributed by atoms with van der Waals surface area (Å²) in [4.78, 5) is 25.2. The van der Waals surface area contributed by atoms with Gasteiger partial charge in [0.15, 0.2) is 29.8 Å². The molecule has 2 aliphatic heterocycles. The largest absolute Gasteiger partial charge is 0.504 e. The molecule has 0 amide bonds. The van der Waals surface area contributed by atoms with Crippen LogP contribution in [0.3, 0.4) is 0 Å². The van der Waals surface area contributed by atoms with Gasteiger partial charge in [0, 0.05) is 18.0 Å². The van der Waals surface area contributed by atoms with Crippen molar-refractivity contribution in [2.45, 2.75) is 62.1 Å². The fourth-order valence-corrected chi connectivity index (χ4v) is 4.85. The standard InChI is InChI=1S/C22H27NO9/c1-23-8-2-3-12-11-4-5-13(24)19(12)31-15-10-22(30,16(23)9-11)7-6-14(15)32-21(29)18(26)17(25)20(27)28/h4-6,15-18,24-26,30H,2-3,7-10H2,1H3,(H,27,28)/t15-,16-,17-,18-,22+/m1/s1. The fraction of sp³-hybridized carbons (Fsp3) is 0.545. The zero-order valence-electron chi connectivity index (χ0n) is 17.6. The zero-order chi connectivity index (χ0) is 23.2. The van der Waals surface area contributed by atoms with Gasteiger partial charge in [0.1, 0.15) is 5.76 Å². The first-order chi connectivity index (χ1) is 15.1. The Morgan fingerprint density at radius 3 is 2.75 bits per heavy atom. The monoisotopic (exact) mass is 449 g/mol. The molecule has 3 aliphatic rings. The molecule has 0 spiro atoms. The van der Waals surface area contributed by atoms with Crippen LogP contribution in [0.2, 0.25) is 0 Å². The van der Waals surface area contributed by atoms with E-state index in [2.05, 4.69) is 4.90 Å². The molecule has 0 unspecified atom stereocenters. The summed E-state index contributed by atoms with van der Waals surface area (Å²) in [6, 6.07) is 3.12. The van der Waals surface area contributed by atoms with Crippen molar-refractivity contribution >= 4 is 11.9 Å². The number of carboxylic acids is 1.